The Kier molecular flexibility index (Phi) is 9.60. The molecule has 0 atom stereocenters. The number of nitrogens with zero attached hydrogens (tertiary/aromatic N) is 2. The van der Waals surface area contributed by atoms with Crippen molar-refractivity contribution < 1.29 is 24.4 Å². The van der Waals surface area contributed by atoms with Crippen LogP contribution in [0, 0.1) is 10.1 Å². The van der Waals surface area contributed by atoms with Crippen molar-refractivity contribution in [2.24, 2.45) is 0 Å². The molecule has 9 nitrogen and oxygen atoms in total. The van der Waals surface area contributed by atoms with Crippen molar-refractivity contribution in [1.82, 2.24) is 10.2 Å². The van der Waals surface area contributed by atoms with Gasteiger partial charge in [0.15, 0.2) is 0 Å². The van der Waals surface area contributed by atoms with E-state index in [0.29, 0.717) is 40.7 Å². The molecule has 0 aromatic heterocycles. The van der Waals surface area contributed by atoms with Crippen molar-refractivity contribution in [3.05, 3.63) is 44.8 Å². The fourth-order valence-electron chi connectivity index (χ4n) is 2.83. The predicted octanol–water partition coefficient (Wildman–Crippen LogP) is 3.34. The lowest BCUT2D eigenvalue weighted by atomic mass is 10.2. The molecule has 1 aliphatic heterocycles. The number of aliphatic carboxylic acids is 1. The molecule has 0 spiro atoms. The van der Waals surface area contributed by atoms with Gasteiger partial charge in [-0.25, -0.2) is 0 Å². The first-order valence-electron chi connectivity index (χ1n) is 9.76. The second-order valence-corrected chi connectivity index (χ2v) is 8.52. The molecule has 1 fully saturated rings. The van der Waals surface area contributed by atoms with Crippen molar-refractivity contribution in [3.8, 4) is 0 Å². The molecule has 0 aliphatic carbocycles. The van der Waals surface area contributed by atoms with Crippen LogP contribution in [0.3, 0.4) is 0 Å². The van der Waals surface area contributed by atoms with Crippen molar-refractivity contribution in [2.45, 2.75) is 38.5 Å². The fourth-order valence-corrected chi connectivity index (χ4v) is 4.14. The normalized spacial score (nSPS) is 14.8. The first kappa shape index (κ1) is 24.5. The van der Waals surface area contributed by atoms with Crippen LogP contribution in [-0.2, 0) is 14.4 Å². The van der Waals surface area contributed by atoms with Gasteiger partial charge in [0, 0.05) is 38.1 Å². The molecule has 1 heterocycles. The van der Waals surface area contributed by atoms with E-state index in [4.69, 9.17) is 17.3 Å². The molecule has 2 N–H and O–H groups in total. The summed E-state index contributed by atoms with van der Waals surface area (Å²) in [5.41, 5.74) is 0.636. The molecule has 2 rings (SSSR count). The molecule has 166 valence electrons. The largest absolute Gasteiger partial charge is 0.481 e. The van der Waals surface area contributed by atoms with E-state index in [2.05, 4.69) is 5.32 Å². The van der Waals surface area contributed by atoms with E-state index in [-0.39, 0.29) is 30.3 Å². The lowest BCUT2D eigenvalue weighted by molar-refractivity contribution is -0.384. The van der Waals surface area contributed by atoms with E-state index in [1.165, 1.54) is 17.0 Å². The van der Waals surface area contributed by atoms with Gasteiger partial charge >= 0.3 is 5.97 Å². The highest BCUT2D eigenvalue weighted by Gasteiger charge is 2.31. The molecule has 1 aromatic rings. The van der Waals surface area contributed by atoms with E-state index >= 15 is 0 Å². The van der Waals surface area contributed by atoms with Crippen LogP contribution in [0.2, 0.25) is 0 Å². The van der Waals surface area contributed by atoms with Gasteiger partial charge in [0.2, 0.25) is 5.91 Å². The summed E-state index contributed by atoms with van der Waals surface area (Å²) in [5, 5.41) is 22.1. The maximum atomic E-state index is 12.6. The third-order valence-electron chi connectivity index (χ3n) is 4.45. The third-order valence-corrected chi connectivity index (χ3v) is 5.83. The zero-order chi connectivity index (χ0) is 22.8. The zero-order valence-corrected chi connectivity index (χ0v) is 18.4. The second-order valence-electron chi connectivity index (χ2n) is 6.84. The van der Waals surface area contributed by atoms with Crippen LogP contribution in [0.1, 0.15) is 44.1 Å². The smallest absolute Gasteiger partial charge is 0.303 e. The number of thioether (sulfide) groups is 1. The van der Waals surface area contributed by atoms with Crippen LogP contribution in [0.25, 0.3) is 6.08 Å². The molecule has 2 amide bonds. The van der Waals surface area contributed by atoms with Gasteiger partial charge in [-0.3, -0.25) is 29.4 Å². The van der Waals surface area contributed by atoms with Gasteiger partial charge in [-0.05, 0) is 43.0 Å². The highest BCUT2D eigenvalue weighted by Crippen LogP contribution is 2.32. The molecule has 0 unspecified atom stereocenters. The van der Waals surface area contributed by atoms with E-state index in [0.717, 1.165) is 24.6 Å². The topological polar surface area (TPSA) is 130 Å². The summed E-state index contributed by atoms with van der Waals surface area (Å²) in [6.45, 7) is 0.825. The molecule has 1 saturated heterocycles. The van der Waals surface area contributed by atoms with Crippen molar-refractivity contribution in [2.75, 3.05) is 13.1 Å². The van der Waals surface area contributed by atoms with E-state index in [1.807, 2.05) is 0 Å². The Morgan fingerprint density at radius 2 is 1.87 bits per heavy atom. The number of hydrogen-bond acceptors (Lipinski definition) is 7. The van der Waals surface area contributed by atoms with Crippen molar-refractivity contribution in [3.63, 3.8) is 0 Å². The number of unbranched alkanes of at least 4 members (excludes halogenated alkanes) is 2. The van der Waals surface area contributed by atoms with Gasteiger partial charge in [0.25, 0.3) is 11.6 Å². The van der Waals surface area contributed by atoms with Gasteiger partial charge in [0.05, 0.1) is 9.83 Å². The molecule has 0 bridgehead atoms. The van der Waals surface area contributed by atoms with E-state index in [1.54, 1.807) is 18.2 Å². The number of non-ortho nitro benzene ring substituents is 1. The van der Waals surface area contributed by atoms with Crippen molar-refractivity contribution >= 4 is 57.8 Å². The summed E-state index contributed by atoms with van der Waals surface area (Å²) in [6.07, 6.45) is 4.55. The highest BCUT2D eigenvalue weighted by atomic mass is 32.2. The van der Waals surface area contributed by atoms with Crippen molar-refractivity contribution in [1.29, 1.82) is 0 Å². The number of nitrogens with one attached hydrogen (secondary N) is 1. The number of amides is 2. The summed E-state index contributed by atoms with van der Waals surface area (Å²) < 4.78 is 0.414. The molecular weight excluding hydrogens is 442 g/mol. The lowest BCUT2D eigenvalue weighted by Gasteiger charge is -2.14. The van der Waals surface area contributed by atoms with Crippen LogP contribution in [0.4, 0.5) is 5.69 Å². The first-order valence-corrected chi connectivity index (χ1v) is 11.0. The number of hydrogen-bond donors (Lipinski definition) is 2. The number of carboxylic acids is 1. The maximum absolute atomic E-state index is 12.6. The van der Waals surface area contributed by atoms with Gasteiger partial charge in [-0.1, -0.05) is 30.4 Å². The zero-order valence-electron chi connectivity index (χ0n) is 16.7. The van der Waals surface area contributed by atoms with Gasteiger partial charge < -0.3 is 10.4 Å². The fraction of sp³-hybridized carbons (Fsp3) is 0.400. The first-order chi connectivity index (χ1) is 14.8. The molecule has 11 heteroatoms. The SMILES string of the molecule is O=C(O)CCCCCNC(=O)CCCN1C(=O)/C(=C/c2ccc([N+](=O)[O-])cc2)SC1=S. The minimum absolute atomic E-state index is 0.0248. The molecule has 31 heavy (non-hydrogen) atoms. The number of nitro benzene ring substituents is 1. The number of carbonyl (C=O) groups excluding carboxylic acids is 2. The summed E-state index contributed by atoms with van der Waals surface area (Å²) in [4.78, 5) is 47.0. The Morgan fingerprint density at radius 1 is 1.16 bits per heavy atom. The standard InChI is InChI=1S/C20H23N3O6S2/c24-17(21-11-3-1-2-6-18(25)26)5-4-12-22-19(27)16(31-20(22)30)13-14-7-9-15(10-8-14)23(28)29/h7-10,13H,1-6,11-12H2,(H,21,24)(H,25,26)/b16-13-. The molecule has 0 radical (unpaired) electrons. The Hall–Kier alpha value is -2.79. The average Bonchev–Trinajstić information content (AvgIpc) is 2.98. The number of thiocarbonyl (C=S) groups is 1. The van der Waals surface area contributed by atoms with Crippen LogP contribution in [0.15, 0.2) is 29.2 Å². The monoisotopic (exact) mass is 465 g/mol. The summed E-state index contributed by atoms with van der Waals surface area (Å²) >= 11 is 6.43. The van der Waals surface area contributed by atoms with E-state index in [9.17, 15) is 24.5 Å². The minimum atomic E-state index is -0.817. The van der Waals surface area contributed by atoms with Crippen LogP contribution in [0.5, 0.6) is 0 Å². The highest BCUT2D eigenvalue weighted by molar-refractivity contribution is 8.26. The lowest BCUT2D eigenvalue weighted by Crippen LogP contribution is -2.30. The van der Waals surface area contributed by atoms with Crippen LogP contribution in [-0.4, -0.2) is 50.1 Å². The third kappa shape index (κ3) is 8.10. The Labute approximate surface area is 189 Å². The predicted molar refractivity (Wildman–Crippen MR) is 121 cm³/mol. The number of benzene rings is 1. The van der Waals surface area contributed by atoms with E-state index < -0.39 is 10.9 Å². The van der Waals surface area contributed by atoms with Gasteiger partial charge in [-0.15, -0.1) is 0 Å². The van der Waals surface area contributed by atoms with Crippen LogP contribution >= 0.6 is 24.0 Å². The number of rotatable bonds is 12. The molecule has 1 aromatic carbocycles. The number of nitro groups is 1. The maximum Gasteiger partial charge on any atom is 0.303 e. The summed E-state index contributed by atoms with van der Waals surface area (Å²) in [7, 11) is 0. The molecule has 0 saturated carbocycles. The van der Waals surface area contributed by atoms with Crippen LogP contribution < -0.4 is 5.32 Å². The minimum Gasteiger partial charge on any atom is -0.481 e. The Balaban J connectivity index is 1.74. The summed E-state index contributed by atoms with van der Waals surface area (Å²) in [6, 6.07) is 5.88. The number of carbonyl (C=O) groups is 3. The molecular formula is C20H23N3O6S2. The molecule has 1 aliphatic rings. The Bertz CT molecular complexity index is 885. The van der Waals surface area contributed by atoms with Gasteiger partial charge in [0.1, 0.15) is 4.32 Å². The summed E-state index contributed by atoms with van der Waals surface area (Å²) in [5.74, 6) is -1.18. The van der Waals surface area contributed by atoms with Gasteiger partial charge in [-0.2, -0.15) is 0 Å². The quantitative estimate of drug-likeness (QED) is 0.158. The number of carboxylic acid groups (broad SMARTS) is 1. The average molecular weight is 466 g/mol. The Morgan fingerprint density at radius 3 is 2.52 bits per heavy atom. The second kappa shape index (κ2) is 12.2.